The third-order valence-corrected chi connectivity index (χ3v) is 3.88. The molecular weight excluding hydrogens is 222 g/mol. The zero-order valence-electron chi connectivity index (χ0n) is 10.7. The van der Waals surface area contributed by atoms with Crippen LogP contribution in [0.25, 0.3) is 0 Å². The molecule has 5 heteroatoms. The second kappa shape index (κ2) is 9.93. The van der Waals surface area contributed by atoms with Crippen molar-refractivity contribution in [3.8, 4) is 0 Å². The first-order valence-electron chi connectivity index (χ1n) is 6.03. The number of carbonyl (C=O) groups is 1. The van der Waals surface area contributed by atoms with E-state index in [2.05, 4.69) is 31.1 Å². The van der Waals surface area contributed by atoms with Crippen molar-refractivity contribution in [2.24, 2.45) is 5.84 Å². The molecule has 0 fully saturated rings. The second-order valence-corrected chi connectivity index (χ2v) is 4.99. The van der Waals surface area contributed by atoms with E-state index in [1.807, 2.05) is 0 Å². The van der Waals surface area contributed by atoms with Crippen LogP contribution >= 0.6 is 11.8 Å². The Labute approximate surface area is 103 Å². The van der Waals surface area contributed by atoms with Crippen molar-refractivity contribution in [1.29, 1.82) is 0 Å². The molecule has 0 aliphatic heterocycles. The minimum Gasteiger partial charge on any atom is -0.303 e. The lowest BCUT2D eigenvalue weighted by Crippen LogP contribution is -2.38. The van der Waals surface area contributed by atoms with Gasteiger partial charge in [0.05, 0.1) is 5.25 Å². The molecular formula is C11H25N3OS. The molecule has 0 spiro atoms. The van der Waals surface area contributed by atoms with Crippen LogP contribution in [-0.2, 0) is 4.79 Å². The van der Waals surface area contributed by atoms with Gasteiger partial charge in [0.15, 0.2) is 0 Å². The summed E-state index contributed by atoms with van der Waals surface area (Å²) in [6.07, 6.45) is 1.91. The highest BCUT2D eigenvalue weighted by molar-refractivity contribution is 8.00. The standard InChI is InChI=1S/C11H25N3OS/c1-4-7-10(11(15)13-12)16-9-8-14(5-2)6-3/h10H,4-9,12H2,1-3H3,(H,13,15). The largest absolute Gasteiger partial charge is 0.303 e. The summed E-state index contributed by atoms with van der Waals surface area (Å²) in [6.45, 7) is 9.57. The average molecular weight is 247 g/mol. The molecule has 0 bridgehead atoms. The van der Waals surface area contributed by atoms with E-state index >= 15 is 0 Å². The quantitative estimate of drug-likeness (QED) is 0.365. The van der Waals surface area contributed by atoms with Gasteiger partial charge < -0.3 is 4.90 Å². The summed E-state index contributed by atoms with van der Waals surface area (Å²) in [5.74, 6) is 6.10. The summed E-state index contributed by atoms with van der Waals surface area (Å²) in [5, 5.41) is 0.00515. The van der Waals surface area contributed by atoms with Crippen LogP contribution < -0.4 is 11.3 Å². The smallest absolute Gasteiger partial charge is 0.246 e. The van der Waals surface area contributed by atoms with Gasteiger partial charge in [0, 0.05) is 12.3 Å². The monoisotopic (exact) mass is 247 g/mol. The van der Waals surface area contributed by atoms with E-state index in [1.165, 1.54) is 0 Å². The Bertz CT molecular complexity index is 186. The molecule has 0 rings (SSSR count). The second-order valence-electron chi connectivity index (χ2n) is 3.68. The van der Waals surface area contributed by atoms with Crippen molar-refractivity contribution in [3.05, 3.63) is 0 Å². The van der Waals surface area contributed by atoms with E-state index in [9.17, 15) is 4.79 Å². The number of nitrogens with zero attached hydrogens (tertiary/aromatic N) is 1. The van der Waals surface area contributed by atoms with Gasteiger partial charge in [0.25, 0.3) is 0 Å². The number of hydrogen-bond acceptors (Lipinski definition) is 4. The zero-order valence-corrected chi connectivity index (χ0v) is 11.5. The van der Waals surface area contributed by atoms with E-state index in [1.54, 1.807) is 11.8 Å². The van der Waals surface area contributed by atoms with Crippen LogP contribution in [-0.4, -0.2) is 41.4 Å². The Kier molecular flexibility index (Phi) is 9.77. The van der Waals surface area contributed by atoms with Gasteiger partial charge in [0.2, 0.25) is 5.91 Å². The first kappa shape index (κ1) is 15.7. The molecule has 0 aromatic rings. The maximum atomic E-state index is 11.4. The molecule has 1 amide bonds. The summed E-state index contributed by atoms with van der Waals surface area (Å²) < 4.78 is 0. The molecule has 1 unspecified atom stereocenters. The predicted molar refractivity (Wildman–Crippen MR) is 71.3 cm³/mol. The van der Waals surface area contributed by atoms with Crippen molar-refractivity contribution in [2.45, 2.75) is 38.9 Å². The molecule has 0 heterocycles. The van der Waals surface area contributed by atoms with Gasteiger partial charge in [-0.2, -0.15) is 0 Å². The Hall–Kier alpha value is -0.260. The lowest BCUT2D eigenvalue weighted by molar-refractivity contribution is -0.120. The fourth-order valence-electron chi connectivity index (χ4n) is 1.51. The Morgan fingerprint density at radius 1 is 1.38 bits per heavy atom. The van der Waals surface area contributed by atoms with Gasteiger partial charge in [0.1, 0.15) is 0 Å². The normalized spacial score (nSPS) is 12.8. The Morgan fingerprint density at radius 3 is 2.44 bits per heavy atom. The number of nitrogens with two attached hydrogens (primary N) is 1. The Morgan fingerprint density at radius 2 is 2.00 bits per heavy atom. The van der Waals surface area contributed by atoms with Gasteiger partial charge in [-0.05, 0) is 19.5 Å². The van der Waals surface area contributed by atoms with Crippen molar-refractivity contribution >= 4 is 17.7 Å². The zero-order chi connectivity index (χ0) is 12.4. The molecule has 0 radical (unpaired) electrons. The lowest BCUT2D eigenvalue weighted by Gasteiger charge is -2.19. The van der Waals surface area contributed by atoms with Gasteiger partial charge in [-0.25, -0.2) is 5.84 Å². The van der Waals surface area contributed by atoms with Crippen LogP contribution in [0.15, 0.2) is 0 Å². The van der Waals surface area contributed by atoms with Crippen LogP contribution in [0.2, 0.25) is 0 Å². The van der Waals surface area contributed by atoms with Crippen molar-refractivity contribution in [1.82, 2.24) is 10.3 Å². The van der Waals surface area contributed by atoms with Gasteiger partial charge in [-0.1, -0.05) is 27.2 Å². The number of thioether (sulfide) groups is 1. The molecule has 0 aliphatic carbocycles. The number of amides is 1. The average Bonchev–Trinajstić information content (AvgIpc) is 2.32. The number of carbonyl (C=O) groups excluding carboxylic acids is 1. The maximum absolute atomic E-state index is 11.4. The van der Waals surface area contributed by atoms with E-state index in [-0.39, 0.29) is 11.2 Å². The third kappa shape index (κ3) is 6.35. The van der Waals surface area contributed by atoms with Crippen molar-refractivity contribution in [2.75, 3.05) is 25.4 Å². The van der Waals surface area contributed by atoms with Crippen LogP contribution in [0, 0.1) is 0 Å². The van der Waals surface area contributed by atoms with Gasteiger partial charge in [-0.15, -0.1) is 11.8 Å². The summed E-state index contributed by atoms with van der Waals surface area (Å²) in [7, 11) is 0. The molecule has 16 heavy (non-hydrogen) atoms. The molecule has 0 saturated heterocycles. The van der Waals surface area contributed by atoms with Crippen molar-refractivity contribution in [3.63, 3.8) is 0 Å². The molecule has 0 aromatic carbocycles. The third-order valence-electron chi connectivity index (χ3n) is 2.61. The number of rotatable bonds is 9. The molecule has 0 saturated carbocycles. The molecule has 0 aliphatic rings. The first-order chi connectivity index (χ1) is 7.69. The summed E-state index contributed by atoms with van der Waals surface area (Å²) in [4.78, 5) is 13.8. The Balaban J connectivity index is 3.87. The summed E-state index contributed by atoms with van der Waals surface area (Å²) in [6, 6.07) is 0. The summed E-state index contributed by atoms with van der Waals surface area (Å²) in [5.41, 5.74) is 2.24. The molecule has 3 N–H and O–H groups in total. The number of nitrogens with one attached hydrogen (secondary N) is 1. The van der Waals surface area contributed by atoms with Gasteiger partial charge in [-0.3, -0.25) is 10.2 Å². The minimum atomic E-state index is -0.0496. The van der Waals surface area contributed by atoms with Gasteiger partial charge >= 0.3 is 0 Å². The molecule has 0 aromatic heterocycles. The highest BCUT2D eigenvalue weighted by atomic mass is 32.2. The number of hydrazine groups is 1. The van der Waals surface area contributed by atoms with Crippen LogP contribution in [0.4, 0.5) is 0 Å². The van der Waals surface area contributed by atoms with Crippen LogP contribution in [0.1, 0.15) is 33.6 Å². The highest BCUT2D eigenvalue weighted by Gasteiger charge is 2.16. The number of hydrogen-bond donors (Lipinski definition) is 2. The topological polar surface area (TPSA) is 58.4 Å². The van der Waals surface area contributed by atoms with E-state index in [4.69, 9.17) is 5.84 Å². The van der Waals surface area contributed by atoms with E-state index in [0.717, 1.165) is 38.2 Å². The van der Waals surface area contributed by atoms with Crippen LogP contribution in [0.3, 0.4) is 0 Å². The van der Waals surface area contributed by atoms with E-state index in [0.29, 0.717) is 0 Å². The highest BCUT2D eigenvalue weighted by Crippen LogP contribution is 2.16. The fourth-order valence-corrected chi connectivity index (χ4v) is 2.78. The van der Waals surface area contributed by atoms with Crippen LogP contribution in [0.5, 0.6) is 0 Å². The molecule has 4 nitrogen and oxygen atoms in total. The molecule has 96 valence electrons. The minimum absolute atomic E-state index is 0.00515. The maximum Gasteiger partial charge on any atom is 0.246 e. The van der Waals surface area contributed by atoms with E-state index < -0.39 is 0 Å². The first-order valence-corrected chi connectivity index (χ1v) is 7.08. The SMILES string of the molecule is CCCC(SCCN(CC)CC)C(=O)NN. The summed E-state index contributed by atoms with van der Waals surface area (Å²) >= 11 is 1.70. The lowest BCUT2D eigenvalue weighted by atomic mass is 10.2. The fraction of sp³-hybridized carbons (Fsp3) is 0.909. The molecule has 1 atom stereocenters. The predicted octanol–water partition coefficient (Wildman–Crippen LogP) is 1.22. The van der Waals surface area contributed by atoms with Crippen molar-refractivity contribution < 1.29 is 4.79 Å².